The molecule has 1 saturated heterocycles. The minimum absolute atomic E-state index is 0.0394. The maximum absolute atomic E-state index is 12.7. The lowest BCUT2D eigenvalue weighted by Gasteiger charge is -2.17. The van der Waals surface area contributed by atoms with Gasteiger partial charge in [0.05, 0.1) is 4.90 Å². The molecule has 3 aromatic rings. The highest BCUT2D eigenvalue weighted by atomic mass is 32.2. The van der Waals surface area contributed by atoms with E-state index >= 15 is 0 Å². The summed E-state index contributed by atoms with van der Waals surface area (Å²) in [5.41, 5.74) is 3.55. The zero-order valence-corrected chi connectivity index (χ0v) is 18.4. The summed E-state index contributed by atoms with van der Waals surface area (Å²) in [7, 11) is -1.61. The van der Waals surface area contributed by atoms with Crippen molar-refractivity contribution in [3.63, 3.8) is 0 Å². The Morgan fingerprint density at radius 2 is 1.39 bits per heavy atom. The average Bonchev–Trinajstić information content (AvgIpc) is 3.35. The van der Waals surface area contributed by atoms with Crippen LogP contribution >= 0.6 is 0 Å². The average molecular weight is 435 g/mol. The Bertz CT molecular complexity index is 1140. The van der Waals surface area contributed by atoms with Gasteiger partial charge in [-0.1, -0.05) is 54.6 Å². The summed E-state index contributed by atoms with van der Waals surface area (Å²) in [5, 5.41) is 0. The Morgan fingerprint density at radius 3 is 1.97 bits per heavy atom. The van der Waals surface area contributed by atoms with Crippen LogP contribution in [0.4, 0.5) is 0 Å². The van der Waals surface area contributed by atoms with Crippen LogP contribution in [0, 0.1) is 0 Å². The molecule has 6 heteroatoms. The van der Waals surface area contributed by atoms with E-state index in [1.54, 1.807) is 28.4 Å². The van der Waals surface area contributed by atoms with Crippen LogP contribution in [0.3, 0.4) is 0 Å². The maximum atomic E-state index is 12.7. The zero-order chi connectivity index (χ0) is 21.8. The van der Waals surface area contributed by atoms with Crippen molar-refractivity contribution in [2.75, 3.05) is 20.1 Å². The molecule has 1 aliphatic rings. The monoisotopic (exact) mass is 434 g/mol. The fourth-order valence-electron chi connectivity index (χ4n) is 3.85. The molecule has 0 N–H and O–H groups in total. The molecule has 31 heavy (non-hydrogen) atoms. The number of carbonyl (C=O) groups excluding carboxylic acids is 1. The third-order valence-corrected chi connectivity index (χ3v) is 7.54. The Balaban J connectivity index is 1.46. The van der Waals surface area contributed by atoms with Gasteiger partial charge in [0.25, 0.3) is 5.91 Å². The molecule has 1 aliphatic heterocycles. The Labute approximate surface area is 184 Å². The lowest BCUT2D eigenvalue weighted by atomic mass is 10.0. The predicted octanol–water partition coefficient (Wildman–Crippen LogP) is 4.41. The van der Waals surface area contributed by atoms with E-state index in [4.69, 9.17) is 0 Å². The highest BCUT2D eigenvalue weighted by Gasteiger charge is 2.26. The van der Waals surface area contributed by atoms with E-state index in [1.165, 1.54) is 0 Å². The van der Waals surface area contributed by atoms with Gasteiger partial charge in [0, 0.05) is 32.2 Å². The van der Waals surface area contributed by atoms with Gasteiger partial charge in [-0.05, 0) is 53.8 Å². The number of sulfonamides is 1. The summed E-state index contributed by atoms with van der Waals surface area (Å²) in [6.07, 6.45) is 1.84. The highest BCUT2D eigenvalue weighted by molar-refractivity contribution is 7.89. The lowest BCUT2D eigenvalue weighted by molar-refractivity contribution is 0.0785. The second-order valence-electron chi connectivity index (χ2n) is 7.86. The Hall–Kier alpha value is -2.96. The standard InChI is InChI=1S/C25H26N2O3S/c1-26(19-20-7-3-2-4-8-20)25(28)23-11-9-21(10-12-23)22-13-15-24(16-14-22)31(29,30)27-17-5-6-18-27/h2-4,7-16H,5-6,17-19H2,1H3. The second-order valence-corrected chi connectivity index (χ2v) is 9.80. The third kappa shape index (κ3) is 4.70. The summed E-state index contributed by atoms with van der Waals surface area (Å²) in [6, 6.07) is 24.3. The minimum atomic E-state index is -3.41. The molecule has 0 aliphatic carbocycles. The van der Waals surface area contributed by atoms with Crippen LogP contribution in [0.15, 0.2) is 83.8 Å². The Morgan fingerprint density at radius 1 is 0.839 bits per heavy atom. The van der Waals surface area contributed by atoms with Gasteiger partial charge in [0.2, 0.25) is 10.0 Å². The molecule has 1 amide bonds. The van der Waals surface area contributed by atoms with Crippen LogP contribution in [-0.2, 0) is 16.6 Å². The van der Waals surface area contributed by atoms with E-state index in [2.05, 4.69) is 0 Å². The summed E-state index contributed by atoms with van der Waals surface area (Å²) < 4.78 is 26.9. The summed E-state index contributed by atoms with van der Waals surface area (Å²) in [4.78, 5) is 14.8. The van der Waals surface area contributed by atoms with E-state index in [1.807, 2.05) is 66.7 Å². The lowest BCUT2D eigenvalue weighted by Crippen LogP contribution is -2.27. The predicted molar refractivity (Wildman–Crippen MR) is 122 cm³/mol. The quantitative estimate of drug-likeness (QED) is 0.577. The van der Waals surface area contributed by atoms with Crippen molar-refractivity contribution in [3.8, 4) is 11.1 Å². The molecule has 0 spiro atoms. The zero-order valence-electron chi connectivity index (χ0n) is 17.6. The van der Waals surface area contributed by atoms with Gasteiger partial charge >= 0.3 is 0 Å². The second kappa shape index (κ2) is 9.04. The minimum Gasteiger partial charge on any atom is -0.337 e. The molecule has 0 unspecified atom stereocenters. The smallest absolute Gasteiger partial charge is 0.253 e. The number of hydrogen-bond donors (Lipinski definition) is 0. The number of benzene rings is 3. The fraction of sp³-hybridized carbons (Fsp3) is 0.240. The van der Waals surface area contributed by atoms with Crippen LogP contribution in [0.5, 0.6) is 0 Å². The van der Waals surface area contributed by atoms with Crippen LogP contribution in [0.1, 0.15) is 28.8 Å². The van der Waals surface area contributed by atoms with Gasteiger partial charge in [-0.25, -0.2) is 8.42 Å². The molecule has 0 saturated carbocycles. The van der Waals surface area contributed by atoms with Gasteiger partial charge in [0.1, 0.15) is 0 Å². The van der Waals surface area contributed by atoms with Crippen LogP contribution in [-0.4, -0.2) is 43.7 Å². The SMILES string of the molecule is CN(Cc1ccccc1)C(=O)c1ccc(-c2ccc(S(=O)(=O)N3CCCC3)cc2)cc1. The van der Waals surface area contributed by atoms with E-state index in [0.29, 0.717) is 30.1 Å². The van der Waals surface area contributed by atoms with E-state index in [-0.39, 0.29) is 5.91 Å². The number of nitrogens with zero attached hydrogens (tertiary/aromatic N) is 2. The van der Waals surface area contributed by atoms with Crippen molar-refractivity contribution < 1.29 is 13.2 Å². The highest BCUT2D eigenvalue weighted by Crippen LogP contribution is 2.25. The number of hydrogen-bond acceptors (Lipinski definition) is 3. The first-order chi connectivity index (χ1) is 14.9. The molecule has 1 fully saturated rings. The summed E-state index contributed by atoms with van der Waals surface area (Å²) in [6.45, 7) is 1.74. The molecule has 4 rings (SSSR count). The molecule has 0 aromatic heterocycles. The fourth-order valence-corrected chi connectivity index (χ4v) is 5.37. The number of amides is 1. The van der Waals surface area contributed by atoms with E-state index in [9.17, 15) is 13.2 Å². The first-order valence-electron chi connectivity index (χ1n) is 10.5. The first kappa shape index (κ1) is 21.3. The van der Waals surface area contributed by atoms with Crippen molar-refractivity contribution in [2.45, 2.75) is 24.3 Å². The van der Waals surface area contributed by atoms with E-state index in [0.717, 1.165) is 29.5 Å². The largest absolute Gasteiger partial charge is 0.337 e. The normalized spacial score (nSPS) is 14.5. The van der Waals surface area contributed by atoms with Crippen molar-refractivity contribution in [1.82, 2.24) is 9.21 Å². The van der Waals surface area contributed by atoms with Gasteiger partial charge in [-0.3, -0.25) is 4.79 Å². The first-order valence-corrected chi connectivity index (χ1v) is 11.9. The Kier molecular flexibility index (Phi) is 6.20. The van der Waals surface area contributed by atoms with Crippen molar-refractivity contribution in [1.29, 1.82) is 0 Å². The molecule has 3 aromatic carbocycles. The molecular weight excluding hydrogens is 408 g/mol. The van der Waals surface area contributed by atoms with Crippen molar-refractivity contribution in [3.05, 3.63) is 90.0 Å². The van der Waals surface area contributed by atoms with Crippen LogP contribution in [0.2, 0.25) is 0 Å². The molecule has 0 radical (unpaired) electrons. The van der Waals surface area contributed by atoms with Gasteiger partial charge < -0.3 is 4.90 Å². The molecule has 0 bridgehead atoms. The number of rotatable bonds is 6. The maximum Gasteiger partial charge on any atom is 0.253 e. The third-order valence-electron chi connectivity index (χ3n) is 5.63. The van der Waals surface area contributed by atoms with Gasteiger partial charge in [-0.15, -0.1) is 0 Å². The molecular formula is C25H26N2O3S. The van der Waals surface area contributed by atoms with E-state index < -0.39 is 10.0 Å². The van der Waals surface area contributed by atoms with Crippen LogP contribution < -0.4 is 0 Å². The van der Waals surface area contributed by atoms with Gasteiger partial charge in [-0.2, -0.15) is 4.31 Å². The molecule has 0 atom stereocenters. The molecule has 5 nitrogen and oxygen atoms in total. The van der Waals surface area contributed by atoms with Gasteiger partial charge in [0.15, 0.2) is 0 Å². The molecule has 160 valence electrons. The topological polar surface area (TPSA) is 57.7 Å². The summed E-state index contributed by atoms with van der Waals surface area (Å²) in [5.74, 6) is -0.0394. The van der Waals surface area contributed by atoms with Crippen LogP contribution in [0.25, 0.3) is 11.1 Å². The summed E-state index contributed by atoms with van der Waals surface area (Å²) >= 11 is 0. The number of carbonyl (C=O) groups is 1. The van der Waals surface area contributed by atoms with Crippen molar-refractivity contribution in [2.24, 2.45) is 0 Å². The van der Waals surface area contributed by atoms with Crippen molar-refractivity contribution >= 4 is 15.9 Å². The molecule has 1 heterocycles.